The molecule has 3 heterocycles. The molecule has 154 valence electrons. The Labute approximate surface area is 171 Å². The van der Waals surface area contributed by atoms with Gasteiger partial charge in [0.15, 0.2) is 22.8 Å². The minimum atomic E-state index is -1.23. The van der Waals surface area contributed by atoms with Crippen molar-refractivity contribution in [2.75, 3.05) is 18.1 Å². The van der Waals surface area contributed by atoms with E-state index in [0.717, 1.165) is 5.75 Å². The standard InChI is InChI=1S/C19H23N5O4S/c1-10(11-5-3-2-4-6-11)8-29-19-22-16(20)13-17(23-19)24(9-21-13)18-15(27)14(26)12(7-25)28-18/h2-6,9-10,12,14-15,18,25-27H,7-8H2,1H3,(H2,20,22,23)/t10?,12-,14-,15-,18-/m1/s1. The van der Waals surface area contributed by atoms with E-state index >= 15 is 0 Å². The smallest absolute Gasteiger partial charge is 0.191 e. The van der Waals surface area contributed by atoms with Gasteiger partial charge in [0, 0.05) is 5.75 Å². The molecule has 0 aliphatic carbocycles. The molecule has 5 atom stereocenters. The number of rotatable bonds is 6. The second kappa shape index (κ2) is 8.25. The summed E-state index contributed by atoms with van der Waals surface area (Å²) in [4.78, 5) is 13.1. The van der Waals surface area contributed by atoms with Crippen molar-refractivity contribution >= 4 is 28.7 Å². The summed E-state index contributed by atoms with van der Waals surface area (Å²) in [5, 5.41) is 30.2. The minimum absolute atomic E-state index is 0.232. The van der Waals surface area contributed by atoms with Crippen LogP contribution in [0.25, 0.3) is 11.2 Å². The predicted octanol–water partition coefficient (Wildman–Crippen LogP) is 0.916. The average molecular weight is 417 g/mol. The first-order valence-corrected chi connectivity index (χ1v) is 10.3. The quantitative estimate of drug-likeness (QED) is 0.340. The number of thioether (sulfide) groups is 1. The maximum atomic E-state index is 10.3. The van der Waals surface area contributed by atoms with E-state index in [1.54, 1.807) is 0 Å². The highest BCUT2D eigenvalue weighted by Gasteiger charge is 2.44. The van der Waals surface area contributed by atoms with Crippen LogP contribution in [0.1, 0.15) is 24.6 Å². The first kappa shape index (κ1) is 20.0. The van der Waals surface area contributed by atoms with E-state index in [4.69, 9.17) is 10.5 Å². The number of aliphatic hydroxyl groups excluding tert-OH is 3. The second-order valence-electron chi connectivity index (χ2n) is 7.07. The van der Waals surface area contributed by atoms with Crippen LogP contribution in [0.5, 0.6) is 0 Å². The van der Waals surface area contributed by atoms with Gasteiger partial charge >= 0.3 is 0 Å². The normalized spacial score (nSPS) is 25.5. The SMILES string of the molecule is CC(CSc1nc(N)c2ncn([C@@H]3O[C@H](CO)[C@@H](O)[C@H]3O)c2n1)c1ccccc1. The lowest BCUT2D eigenvalue weighted by Gasteiger charge is -2.17. The van der Waals surface area contributed by atoms with E-state index in [2.05, 4.69) is 34.0 Å². The van der Waals surface area contributed by atoms with E-state index in [0.29, 0.717) is 22.2 Å². The van der Waals surface area contributed by atoms with Crippen molar-refractivity contribution in [3.63, 3.8) is 0 Å². The van der Waals surface area contributed by atoms with E-state index < -0.39 is 31.1 Å². The van der Waals surface area contributed by atoms with Crippen molar-refractivity contribution in [3.8, 4) is 0 Å². The van der Waals surface area contributed by atoms with Gasteiger partial charge in [-0.2, -0.15) is 0 Å². The summed E-state index contributed by atoms with van der Waals surface area (Å²) in [6, 6.07) is 10.2. The third-order valence-corrected chi connectivity index (χ3v) is 6.16. The van der Waals surface area contributed by atoms with Gasteiger partial charge in [-0.15, -0.1) is 0 Å². The molecule has 1 saturated heterocycles. The molecule has 0 saturated carbocycles. The van der Waals surface area contributed by atoms with Gasteiger partial charge in [0.2, 0.25) is 0 Å². The fourth-order valence-electron chi connectivity index (χ4n) is 3.36. The highest BCUT2D eigenvalue weighted by atomic mass is 32.2. The van der Waals surface area contributed by atoms with Crippen LogP contribution in [0.2, 0.25) is 0 Å². The zero-order chi connectivity index (χ0) is 20.5. The van der Waals surface area contributed by atoms with Crippen LogP contribution in [0.3, 0.4) is 0 Å². The number of imidazole rings is 1. The number of ether oxygens (including phenoxy) is 1. The summed E-state index contributed by atoms with van der Waals surface area (Å²) < 4.78 is 7.10. The fourth-order valence-corrected chi connectivity index (χ4v) is 4.26. The lowest BCUT2D eigenvalue weighted by atomic mass is 10.0. The van der Waals surface area contributed by atoms with E-state index in [-0.39, 0.29) is 5.82 Å². The van der Waals surface area contributed by atoms with Crippen LogP contribution < -0.4 is 5.73 Å². The van der Waals surface area contributed by atoms with Crippen LogP contribution in [-0.2, 0) is 4.74 Å². The highest BCUT2D eigenvalue weighted by molar-refractivity contribution is 7.99. The zero-order valence-corrected chi connectivity index (χ0v) is 16.6. The number of hydrogen-bond donors (Lipinski definition) is 4. The molecule has 0 radical (unpaired) electrons. The number of fused-ring (bicyclic) bond motifs is 1. The van der Waals surface area contributed by atoms with Crippen molar-refractivity contribution in [2.24, 2.45) is 0 Å². The van der Waals surface area contributed by atoms with E-state index in [1.165, 1.54) is 28.2 Å². The van der Waals surface area contributed by atoms with Crippen molar-refractivity contribution in [1.29, 1.82) is 0 Å². The molecule has 0 spiro atoms. The Bertz CT molecular complexity index is 985. The molecule has 3 aromatic rings. The van der Waals surface area contributed by atoms with Gasteiger partial charge < -0.3 is 25.8 Å². The molecule has 4 rings (SSSR count). The first-order chi connectivity index (χ1) is 14.0. The molecule has 0 amide bonds. The zero-order valence-electron chi connectivity index (χ0n) is 15.8. The maximum Gasteiger partial charge on any atom is 0.191 e. The Balaban J connectivity index is 1.59. The fraction of sp³-hybridized carbons (Fsp3) is 0.421. The summed E-state index contributed by atoms with van der Waals surface area (Å²) in [7, 11) is 0. The molecule has 0 bridgehead atoms. The van der Waals surface area contributed by atoms with Crippen LogP contribution in [0.4, 0.5) is 5.82 Å². The van der Waals surface area contributed by atoms with Gasteiger partial charge in [0.1, 0.15) is 23.8 Å². The topological polar surface area (TPSA) is 140 Å². The van der Waals surface area contributed by atoms with Gasteiger partial charge in [-0.05, 0) is 11.5 Å². The van der Waals surface area contributed by atoms with Crippen LogP contribution >= 0.6 is 11.8 Å². The summed E-state index contributed by atoms with van der Waals surface area (Å²) in [6.07, 6.45) is -2.80. The van der Waals surface area contributed by atoms with Crippen molar-refractivity contribution in [3.05, 3.63) is 42.2 Å². The summed E-state index contributed by atoms with van der Waals surface area (Å²) in [5.41, 5.74) is 8.09. The predicted molar refractivity (Wildman–Crippen MR) is 108 cm³/mol. The number of aromatic nitrogens is 4. The summed E-state index contributed by atoms with van der Waals surface area (Å²) in [5.74, 6) is 1.29. The largest absolute Gasteiger partial charge is 0.394 e. The van der Waals surface area contributed by atoms with Crippen LogP contribution in [-0.4, -0.2) is 65.5 Å². The Morgan fingerprint density at radius 2 is 1.97 bits per heavy atom. The second-order valence-corrected chi connectivity index (χ2v) is 8.05. The monoisotopic (exact) mass is 417 g/mol. The van der Waals surface area contributed by atoms with E-state index in [1.807, 2.05) is 18.2 Å². The van der Waals surface area contributed by atoms with Crippen molar-refractivity contribution < 1.29 is 20.1 Å². The third kappa shape index (κ3) is 3.81. The molecule has 1 unspecified atom stereocenters. The van der Waals surface area contributed by atoms with Crippen LogP contribution in [0.15, 0.2) is 41.8 Å². The number of anilines is 1. The van der Waals surface area contributed by atoms with Gasteiger partial charge in [-0.3, -0.25) is 4.57 Å². The molecular weight excluding hydrogens is 394 g/mol. The highest BCUT2D eigenvalue weighted by Crippen LogP contribution is 2.33. The molecule has 10 heteroatoms. The van der Waals surface area contributed by atoms with Crippen LogP contribution in [0, 0.1) is 0 Å². The molecule has 1 aromatic carbocycles. The minimum Gasteiger partial charge on any atom is -0.394 e. The first-order valence-electron chi connectivity index (χ1n) is 9.29. The van der Waals surface area contributed by atoms with Gasteiger partial charge in [0.25, 0.3) is 0 Å². The number of nitrogens with zero attached hydrogens (tertiary/aromatic N) is 4. The Morgan fingerprint density at radius 3 is 2.66 bits per heavy atom. The van der Waals surface area contributed by atoms with Gasteiger partial charge in [-0.1, -0.05) is 49.0 Å². The molecule has 5 N–H and O–H groups in total. The molecular formula is C19H23N5O4S. The Hall–Kier alpha value is -2.24. The number of nitrogen functional groups attached to an aromatic ring is 1. The lowest BCUT2D eigenvalue weighted by molar-refractivity contribution is -0.0511. The molecule has 9 nitrogen and oxygen atoms in total. The summed E-state index contributed by atoms with van der Waals surface area (Å²) in [6.45, 7) is 1.73. The molecule has 1 fully saturated rings. The number of nitrogens with two attached hydrogens (primary N) is 1. The molecule has 2 aromatic heterocycles. The average Bonchev–Trinajstić information content (AvgIpc) is 3.28. The molecule has 1 aliphatic rings. The van der Waals surface area contributed by atoms with E-state index in [9.17, 15) is 15.3 Å². The molecule has 29 heavy (non-hydrogen) atoms. The van der Waals surface area contributed by atoms with Gasteiger partial charge in [-0.25, -0.2) is 15.0 Å². The Kier molecular flexibility index (Phi) is 5.70. The van der Waals surface area contributed by atoms with Crippen molar-refractivity contribution in [1.82, 2.24) is 19.5 Å². The number of benzene rings is 1. The summed E-state index contributed by atoms with van der Waals surface area (Å²) >= 11 is 1.48. The maximum absolute atomic E-state index is 10.3. The number of aliphatic hydroxyl groups is 3. The lowest BCUT2D eigenvalue weighted by Crippen LogP contribution is -2.33. The molecule has 1 aliphatic heterocycles. The van der Waals surface area contributed by atoms with Crippen molar-refractivity contribution in [2.45, 2.75) is 42.5 Å². The van der Waals surface area contributed by atoms with Gasteiger partial charge in [0.05, 0.1) is 12.9 Å². The third-order valence-electron chi connectivity index (χ3n) is 5.05. The Morgan fingerprint density at radius 1 is 1.21 bits per heavy atom. The number of hydrogen-bond acceptors (Lipinski definition) is 9.